The summed E-state index contributed by atoms with van der Waals surface area (Å²) in [6.07, 6.45) is 3.87. The first kappa shape index (κ1) is 19.7. The van der Waals surface area contributed by atoms with Crippen molar-refractivity contribution in [2.75, 3.05) is 19.8 Å². The van der Waals surface area contributed by atoms with E-state index in [-0.39, 0.29) is 5.97 Å². The van der Waals surface area contributed by atoms with Gasteiger partial charge in [-0.05, 0) is 43.2 Å². The van der Waals surface area contributed by atoms with Gasteiger partial charge in [-0.25, -0.2) is 4.79 Å². The van der Waals surface area contributed by atoms with Gasteiger partial charge in [0.25, 0.3) is 0 Å². The third-order valence-electron chi connectivity index (χ3n) is 3.69. The standard InChI is InChI=1S/C22H26O4/c1-3-24-21(22(23)25-4-2)17-19-12-8-14-20(16-19)26-15-9-13-18-10-6-5-7-11-18/h5-14,16,21H,3-4,15,17H2,1-2H3/b13-9+. The Morgan fingerprint density at radius 1 is 1.04 bits per heavy atom. The molecule has 2 rings (SSSR count). The van der Waals surface area contributed by atoms with Crippen LogP contribution in [0.2, 0.25) is 0 Å². The summed E-state index contributed by atoms with van der Waals surface area (Å²) >= 11 is 0. The molecule has 138 valence electrons. The molecule has 2 aromatic rings. The number of ether oxygens (including phenoxy) is 3. The molecular weight excluding hydrogens is 328 g/mol. The third kappa shape index (κ3) is 6.73. The molecule has 0 spiro atoms. The van der Waals surface area contributed by atoms with Crippen molar-refractivity contribution in [2.45, 2.75) is 26.4 Å². The molecular formula is C22H26O4. The second-order valence-electron chi connectivity index (χ2n) is 5.67. The molecule has 0 saturated heterocycles. The van der Waals surface area contributed by atoms with E-state index >= 15 is 0 Å². The van der Waals surface area contributed by atoms with Gasteiger partial charge in [-0.3, -0.25) is 0 Å². The van der Waals surface area contributed by atoms with Crippen molar-refractivity contribution >= 4 is 12.0 Å². The third-order valence-corrected chi connectivity index (χ3v) is 3.69. The highest BCUT2D eigenvalue weighted by Crippen LogP contribution is 2.16. The lowest BCUT2D eigenvalue weighted by Crippen LogP contribution is -2.29. The number of hydrogen-bond acceptors (Lipinski definition) is 4. The Balaban J connectivity index is 1.91. The molecule has 26 heavy (non-hydrogen) atoms. The minimum Gasteiger partial charge on any atom is -0.490 e. The molecule has 0 saturated carbocycles. The van der Waals surface area contributed by atoms with Crippen LogP contribution in [0.25, 0.3) is 6.08 Å². The second kappa shape index (κ2) is 11.1. The van der Waals surface area contributed by atoms with Gasteiger partial charge in [0.2, 0.25) is 0 Å². The highest BCUT2D eigenvalue weighted by atomic mass is 16.6. The summed E-state index contributed by atoms with van der Waals surface area (Å²) in [4.78, 5) is 12.0. The van der Waals surface area contributed by atoms with Crippen LogP contribution in [0.4, 0.5) is 0 Å². The molecule has 0 aliphatic carbocycles. The smallest absolute Gasteiger partial charge is 0.335 e. The van der Waals surface area contributed by atoms with Gasteiger partial charge in [-0.1, -0.05) is 48.5 Å². The number of carbonyl (C=O) groups is 1. The summed E-state index contributed by atoms with van der Waals surface area (Å²) in [6, 6.07) is 17.8. The highest BCUT2D eigenvalue weighted by molar-refractivity contribution is 5.75. The SMILES string of the molecule is CCOC(=O)C(Cc1cccc(OC/C=C/c2ccccc2)c1)OCC. The van der Waals surface area contributed by atoms with E-state index in [0.29, 0.717) is 26.2 Å². The monoisotopic (exact) mass is 354 g/mol. The fourth-order valence-electron chi connectivity index (χ4n) is 2.52. The topological polar surface area (TPSA) is 44.8 Å². The van der Waals surface area contributed by atoms with Crippen molar-refractivity contribution in [1.82, 2.24) is 0 Å². The fourth-order valence-corrected chi connectivity index (χ4v) is 2.52. The van der Waals surface area contributed by atoms with Crippen LogP contribution >= 0.6 is 0 Å². The summed E-state index contributed by atoms with van der Waals surface area (Å²) < 4.78 is 16.4. The molecule has 0 aromatic heterocycles. The molecule has 0 aliphatic heterocycles. The van der Waals surface area contributed by atoms with Gasteiger partial charge in [0.05, 0.1) is 6.61 Å². The maximum Gasteiger partial charge on any atom is 0.335 e. The van der Waals surface area contributed by atoms with E-state index in [1.165, 1.54) is 0 Å². The number of hydrogen-bond donors (Lipinski definition) is 0. The normalized spacial score (nSPS) is 12.1. The minimum absolute atomic E-state index is 0.327. The van der Waals surface area contributed by atoms with Crippen LogP contribution in [0.1, 0.15) is 25.0 Å². The summed E-state index contributed by atoms with van der Waals surface area (Å²) in [5, 5.41) is 0. The molecule has 0 radical (unpaired) electrons. The Bertz CT molecular complexity index is 694. The van der Waals surface area contributed by atoms with E-state index in [0.717, 1.165) is 16.9 Å². The quantitative estimate of drug-likeness (QED) is 0.597. The van der Waals surface area contributed by atoms with Crippen LogP contribution in [0.3, 0.4) is 0 Å². The average Bonchev–Trinajstić information content (AvgIpc) is 2.66. The summed E-state index contributed by atoms with van der Waals surface area (Å²) in [5.41, 5.74) is 2.11. The predicted molar refractivity (Wildman–Crippen MR) is 103 cm³/mol. The summed E-state index contributed by atoms with van der Waals surface area (Å²) in [5.74, 6) is 0.436. The molecule has 0 heterocycles. The van der Waals surface area contributed by atoms with Gasteiger partial charge in [0, 0.05) is 13.0 Å². The van der Waals surface area contributed by atoms with E-state index in [9.17, 15) is 4.79 Å². The molecule has 2 aromatic carbocycles. The second-order valence-corrected chi connectivity index (χ2v) is 5.67. The molecule has 0 fully saturated rings. The van der Waals surface area contributed by atoms with E-state index in [4.69, 9.17) is 14.2 Å². The molecule has 4 nitrogen and oxygen atoms in total. The van der Waals surface area contributed by atoms with Crippen LogP contribution < -0.4 is 4.74 Å². The Hall–Kier alpha value is -2.59. The molecule has 0 bridgehead atoms. The zero-order chi connectivity index (χ0) is 18.6. The Morgan fingerprint density at radius 3 is 2.58 bits per heavy atom. The van der Waals surface area contributed by atoms with Gasteiger partial charge in [0.15, 0.2) is 6.10 Å². The molecule has 4 heteroatoms. The zero-order valence-electron chi connectivity index (χ0n) is 15.4. The van der Waals surface area contributed by atoms with Crippen LogP contribution in [-0.4, -0.2) is 31.9 Å². The number of benzene rings is 2. The zero-order valence-corrected chi connectivity index (χ0v) is 15.4. The maximum atomic E-state index is 12.0. The van der Waals surface area contributed by atoms with Crippen LogP contribution in [0.5, 0.6) is 5.75 Å². The fraction of sp³-hybridized carbons (Fsp3) is 0.318. The first-order valence-electron chi connectivity index (χ1n) is 8.94. The Labute approximate surface area is 155 Å². The number of carbonyl (C=O) groups excluding carboxylic acids is 1. The number of esters is 1. The molecule has 1 unspecified atom stereocenters. The molecule has 0 aliphatic rings. The largest absolute Gasteiger partial charge is 0.490 e. The lowest BCUT2D eigenvalue weighted by Gasteiger charge is -2.16. The van der Waals surface area contributed by atoms with Gasteiger partial charge < -0.3 is 14.2 Å². The Kier molecular flexibility index (Phi) is 8.43. The van der Waals surface area contributed by atoms with Gasteiger partial charge in [-0.15, -0.1) is 0 Å². The van der Waals surface area contributed by atoms with Gasteiger partial charge >= 0.3 is 5.97 Å². The van der Waals surface area contributed by atoms with Crippen molar-refractivity contribution in [3.63, 3.8) is 0 Å². The Morgan fingerprint density at radius 2 is 1.85 bits per heavy atom. The summed E-state index contributed by atoms with van der Waals surface area (Å²) in [7, 11) is 0. The molecule has 0 amide bonds. The maximum absolute atomic E-state index is 12.0. The minimum atomic E-state index is -0.590. The van der Waals surface area contributed by atoms with E-state index in [1.807, 2.05) is 73.7 Å². The molecule has 1 atom stereocenters. The average molecular weight is 354 g/mol. The summed E-state index contributed by atoms with van der Waals surface area (Å²) in [6.45, 7) is 4.94. The van der Waals surface area contributed by atoms with Crippen molar-refractivity contribution in [3.05, 3.63) is 71.8 Å². The highest BCUT2D eigenvalue weighted by Gasteiger charge is 2.20. The lowest BCUT2D eigenvalue weighted by molar-refractivity contribution is -0.156. The van der Waals surface area contributed by atoms with Crippen LogP contribution in [0, 0.1) is 0 Å². The van der Waals surface area contributed by atoms with Gasteiger partial charge in [-0.2, -0.15) is 0 Å². The number of rotatable bonds is 10. The van der Waals surface area contributed by atoms with Crippen molar-refractivity contribution in [2.24, 2.45) is 0 Å². The first-order valence-corrected chi connectivity index (χ1v) is 8.94. The van der Waals surface area contributed by atoms with E-state index in [1.54, 1.807) is 6.92 Å². The van der Waals surface area contributed by atoms with Crippen molar-refractivity contribution in [3.8, 4) is 5.75 Å². The van der Waals surface area contributed by atoms with Crippen LogP contribution in [-0.2, 0) is 20.7 Å². The molecule has 0 N–H and O–H groups in total. The first-order chi connectivity index (χ1) is 12.7. The van der Waals surface area contributed by atoms with E-state index in [2.05, 4.69) is 0 Å². The van der Waals surface area contributed by atoms with Crippen molar-refractivity contribution < 1.29 is 19.0 Å². The predicted octanol–water partition coefficient (Wildman–Crippen LogP) is 4.29. The van der Waals surface area contributed by atoms with Crippen molar-refractivity contribution in [1.29, 1.82) is 0 Å². The van der Waals surface area contributed by atoms with Gasteiger partial charge in [0.1, 0.15) is 12.4 Å². The van der Waals surface area contributed by atoms with E-state index < -0.39 is 6.10 Å². The lowest BCUT2D eigenvalue weighted by atomic mass is 10.1. The van der Waals surface area contributed by atoms with Crippen LogP contribution in [0.15, 0.2) is 60.7 Å².